The van der Waals surface area contributed by atoms with Crippen molar-refractivity contribution in [1.82, 2.24) is 4.31 Å². The number of halogens is 2. The lowest BCUT2D eigenvalue weighted by Gasteiger charge is -2.34. The van der Waals surface area contributed by atoms with Gasteiger partial charge in [-0.3, -0.25) is 0 Å². The van der Waals surface area contributed by atoms with Crippen LogP contribution in [0.1, 0.15) is 24.8 Å². The third-order valence-corrected chi connectivity index (χ3v) is 6.06. The summed E-state index contributed by atoms with van der Waals surface area (Å²) < 4.78 is 40.2. The highest BCUT2D eigenvalue weighted by Gasteiger charge is 2.34. The van der Waals surface area contributed by atoms with Crippen molar-refractivity contribution in [2.24, 2.45) is 5.73 Å². The van der Waals surface area contributed by atoms with Crippen LogP contribution in [-0.2, 0) is 10.0 Å². The molecule has 1 aromatic rings. The summed E-state index contributed by atoms with van der Waals surface area (Å²) in [4.78, 5) is -0.0431. The molecular weight excluding hydrogens is 303 g/mol. The van der Waals surface area contributed by atoms with Crippen LogP contribution < -0.4 is 5.73 Å². The molecule has 0 saturated carbocycles. The van der Waals surface area contributed by atoms with Gasteiger partial charge in [0, 0.05) is 19.1 Å². The van der Waals surface area contributed by atoms with Crippen LogP contribution in [0.2, 0.25) is 5.02 Å². The van der Waals surface area contributed by atoms with E-state index in [4.69, 9.17) is 17.3 Å². The lowest BCUT2D eigenvalue weighted by Crippen LogP contribution is -2.47. The van der Waals surface area contributed by atoms with Gasteiger partial charge in [-0.1, -0.05) is 18.0 Å². The second kappa shape index (κ2) is 5.97. The van der Waals surface area contributed by atoms with E-state index in [1.165, 1.54) is 17.3 Å². The topological polar surface area (TPSA) is 63.4 Å². The van der Waals surface area contributed by atoms with Crippen molar-refractivity contribution in [2.75, 3.05) is 13.1 Å². The van der Waals surface area contributed by atoms with Crippen LogP contribution in [0.3, 0.4) is 0 Å². The number of aryl methyl sites for hydroxylation is 1. The molecular formula is C13H18ClFN2O2S. The minimum atomic E-state index is -3.74. The first-order chi connectivity index (χ1) is 9.37. The summed E-state index contributed by atoms with van der Waals surface area (Å²) in [7, 11) is -3.74. The molecule has 4 nitrogen and oxygen atoms in total. The van der Waals surface area contributed by atoms with Gasteiger partial charge in [0.15, 0.2) is 0 Å². The summed E-state index contributed by atoms with van der Waals surface area (Å²) in [5.41, 5.74) is 5.92. The van der Waals surface area contributed by atoms with Gasteiger partial charge in [0.25, 0.3) is 0 Å². The summed E-state index contributed by atoms with van der Waals surface area (Å²) in [5.74, 6) is -0.511. The van der Waals surface area contributed by atoms with Crippen molar-refractivity contribution >= 4 is 21.6 Å². The third kappa shape index (κ3) is 2.83. The number of nitrogens with zero attached hydrogens (tertiary/aromatic N) is 1. The molecule has 112 valence electrons. The summed E-state index contributed by atoms with van der Waals surface area (Å²) >= 11 is 5.92. The van der Waals surface area contributed by atoms with E-state index in [0.29, 0.717) is 6.54 Å². The number of nitrogens with two attached hydrogens (primary N) is 1. The predicted molar refractivity (Wildman–Crippen MR) is 76.7 cm³/mol. The molecule has 1 aromatic carbocycles. The first-order valence-electron chi connectivity index (χ1n) is 6.55. The molecule has 1 fully saturated rings. The van der Waals surface area contributed by atoms with Crippen LogP contribution in [0, 0.1) is 12.7 Å². The van der Waals surface area contributed by atoms with Crippen LogP contribution in [0.15, 0.2) is 17.0 Å². The van der Waals surface area contributed by atoms with Gasteiger partial charge in [-0.05, 0) is 37.5 Å². The molecule has 0 radical (unpaired) electrons. The molecule has 0 bridgehead atoms. The molecule has 20 heavy (non-hydrogen) atoms. The molecule has 1 saturated heterocycles. The molecule has 0 spiro atoms. The highest BCUT2D eigenvalue weighted by Crippen LogP contribution is 2.30. The van der Waals surface area contributed by atoms with Crippen LogP contribution >= 0.6 is 11.6 Å². The Morgan fingerprint density at radius 1 is 1.45 bits per heavy atom. The second-order valence-corrected chi connectivity index (χ2v) is 7.30. The number of benzene rings is 1. The summed E-state index contributed by atoms with van der Waals surface area (Å²) in [6.07, 6.45) is 2.51. The van der Waals surface area contributed by atoms with Crippen molar-refractivity contribution in [3.63, 3.8) is 0 Å². The van der Waals surface area contributed by atoms with Crippen molar-refractivity contribution in [3.8, 4) is 0 Å². The lowest BCUT2D eigenvalue weighted by molar-refractivity contribution is 0.257. The Bertz CT molecular complexity index is 607. The SMILES string of the molecule is Cc1cc(S(=O)(=O)N2CCCCC2CN)c(Cl)cc1F. The fourth-order valence-corrected chi connectivity index (χ4v) is 4.76. The predicted octanol–water partition coefficient (Wildman–Crippen LogP) is 2.29. The normalized spacial score (nSPS) is 21.1. The Morgan fingerprint density at radius 2 is 2.15 bits per heavy atom. The average Bonchev–Trinajstić information content (AvgIpc) is 2.42. The second-order valence-electron chi connectivity index (χ2n) is 5.03. The van der Waals surface area contributed by atoms with Crippen LogP contribution in [0.5, 0.6) is 0 Å². The Balaban J connectivity index is 2.46. The zero-order valence-electron chi connectivity index (χ0n) is 11.3. The Kier molecular flexibility index (Phi) is 4.69. The third-order valence-electron chi connectivity index (χ3n) is 3.64. The minimum Gasteiger partial charge on any atom is -0.329 e. The monoisotopic (exact) mass is 320 g/mol. The maximum atomic E-state index is 13.4. The standard InChI is InChI=1S/C13H18ClFN2O2S/c1-9-6-13(11(14)7-12(9)15)20(18,19)17-5-3-2-4-10(17)8-16/h6-7,10H,2-5,8,16H2,1H3. The maximum Gasteiger partial charge on any atom is 0.244 e. The first-order valence-corrected chi connectivity index (χ1v) is 8.37. The number of hydrogen-bond donors (Lipinski definition) is 1. The molecule has 7 heteroatoms. The highest BCUT2D eigenvalue weighted by molar-refractivity contribution is 7.89. The fourth-order valence-electron chi connectivity index (χ4n) is 2.48. The van der Waals surface area contributed by atoms with E-state index in [0.717, 1.165) is 25.3 Å². The van der Waals surface area contributed by atoms with E-state index < -0.39 is 15.8 Å². The summed E-state index contributed by atoms with van der Waals surface area (Å²) in [5, 5.41) is -0.0885. The smallest absolute Gasteiger partial charge is 0.244 e. The van der Waals surface area contributed by atoms with Gasteiger partial charge in [0.1, 0.15) is 10.7 Å². The van der Waals surface area contributed by atoms with Crippen LogP contribution in [0.4, 0.5) is 4.39 Å². The van der Waals surface area contributed by atoms with Crippen molar-refractivity contribution in [3.05, 3.63) is 28.5 Å². The van der Waals surface area contributed by atoms with Gasteiger partial charge in [-0.25, -0.2) is 12.8 Å². The number of hydrogen-bond acceptors (Lipinski definition) is 3. The molecule has 1 unspecified atom stereocenters. The quantitative estimate of drug-likeness (QED) is 0.929. The van der Waals surface area contributed by atoms with E-state index in [9.17, 15) is 12.8 Å². The molecule has 1 aliphatic heterocycles. The van der Waals surface area contributed by atoms with Crippen molar-refractivity contribution < 1.29 is 12.8 Å². The highest BCUT2D eigenvalue weighted by atomic mass is 35.5. The van der Waals surface area contributed by atoms with Gasteiger partial charge in [0.2, 0.25) is 10.0 Å². The van der Waals surface area contributed by atoms with Gasteiger partial charge < -0.3 is 5.73 Å². The zero-order chi connectivity index (χ0) is 14.9. The van der Waals surface area contributed by atoms with Crippen LogP contribution in [-0.4, -0.2) is 31.9 Å². The Morgan fingerprint density at radius 3 is 2.80 bits per heavy atom. The van der Waals surface area contributed by atoms with Gasteiger partial charge in [-0.2, -0.15) is 4.31 Å². The molecule has 1 aliphatic rings. The molecule has 0 aromatic heterocycles. The molecule has 0 aliphatic carbocycles. The summed E-state index contributed by atoms with van der Waals surface area (Å²) in [6, 6.07) is 2.12. The Hall–Kier alpha value is -0.690. The van der Waals surface area contributed by atoms with Crippen LogP contribution in [0.25, 0.3) is 0 Å². The van der Waals surface area contributed by atoms with E-state index in [-0.39, 0.29) is 28.1 Å². The molecule has 2 N–H and O–H groups in total. The van der Waals surface area contributed by atoms with E-state index in [1.54, 1.807) is 0 Å². The van der Waals surface area contributed by atoms with E-state index >= 15 is 0 Å². The number of sulfonamides is 1. The fraction of sp³-hybridized carbons (Fsp3) is 0.538. The van der Waals surface area contributed by atoms with E-state index in [2.05, 4.69) is 0 Å². The molecule has 0 amide bonds. The van der Waals surface area contributed by atoms with Crippen molar-refractivity contribution in [1.29, 1.82) is 0 Å². The molecule has 1 atom stereocenters. The molecule has 2 rings (SSSR count). The first kappa shape index (κ1) is 15.7. The zero-order valence-corrected chi connectivity index (χ0v) is 12.8. The number of piperidine rings is 1. The number of rotatable bonds is 3. The average molecular weight is 321 g/mol. The van der Waals surface area contributed by atoms with Gasteiger partial charge in [0.05, 0.1) is 5.02 Å². The van der Waals surface area contributed by atoms with Crippen molar-refractivity contribution in [2.45, 2.75) is 37.1 Å². The van der Waals surface area contributed by atoms with E-state index in [1.807, 2.05) is 0 Å². The largest absolute Gasteiger partial charge is 0.329 e. The maximum absolute atomic E-state index is 13.4. The minimum absolute atomic E-state index is 0.0431. The molecule has 1 heterocycles. The van der Waals surface area contributed by atoms with Gasteiger partial charge >= 0.3 is 0 Å². The Labute approximate surface area is 123 Å². The lowest BCUT2D eigenvalue weighted by atomic mass is 10.1. The summed E-state index contributed by atoms with van der Waals surface area (Å²) in [6.45, 7) is 2.22. The van der Waals surface area contributed by atoms with Gasteiger partial charge in [-0.15, -0.1) is 0 Å².